The summed E-state index contributed by atoms with van der Waals surface area (Å²) in [5.41, 5.74) is 0. The second kappa shape index (κ2) is 39.1. The van der Waals surface area contributed by atoms with E-state index < -0.39 is 0 Å². The van der Waals surface area contributed by atoms with Gasteiger partial charge in [0.05, 0.1) is 6.61 Å². The molecule has 0 rings (SSSR count). The first-order valence-corrected chi connectivity index (χ1v) is 22.2. The van der Waals surface area contributed by atoms with E-state index in [4.69, 9.17) is 9.47 Å². The van der Waals surface area contributed by atoms with Crippen molar-refractivity contribution in [2.24, 2.45) is 0 Å². The maximum atomic E-state index is 12.7. The molecule has 0 aromatic carbocycles. The van der Waals surface area contributed by atoms with Crippen molar-refractivity contribution in [1.29, 1.82) is 0 Å². The molecule has 0 amide bonds. The fourth-order valence-corrected chi connectivity index (χ4v) is 6.95. The fourth-order valence-electron chi connectivity index (χ4n) is 6.95. The smallest absolute Gasteiger partial charge is 0.306 e. The lowest BCUT2D eigenvalue weighted by Crippen LogP contribution is -2.29. The lowest BCUT2D eigenvalue weighted by atomic mass is 10.0. The normalized spacial score (nSPS) is 12.8. The van der Waals surface area contributed by atoms with Gasteiger partial charge in [0.1, 0.15) is 12.2 Å². The third-order valence-corrected chi connectivity index (χ3v) is 10.3. The molecular formula is C44H87NO5. The SMILES string of the molecule is CCCCCCCCC(CCCCCCC)OC(=O)CCCCCCCN(CCO)CCCCCCCC(=O)OC(CC)CCCCCCC. The van der Waals surface area contributed by atoms with Gasteiger partial charge >= 0.3 is 11.9 Å². The van der Waals surface area contributed by atoms with Gasteiger partial charge < -0.3 is 19.5 Å². The maximum Gasteiger partial charge on any atom is 0.306 e. The Labute approximate surface area is 312 Å². The van der Waals surface area contributed by atoms with Crippen molar-refractivity contribution in [3.63, 3.8) is 0 Å². The first-order valence-electron chi connectivity index (χ1n) is 22.2. The quantitative estimate of drug-likeness (QED) is 0.0504. The molecule has 0 fully saturated rings. The van der Waals surface area contributed by atoms with E-state index in [1.165, 1.54) is 109 Å². The van der Waals surface area contributed by atoms with Gasteiger partial charge in [0.2, 0.25) is 0 Å². The molecule has 0 spiro atoms. The zero-order valence-electron chi connectivity index (χ0n) is 34.1. The van der Waals surface area contributed by atoms with Crippen LogP contribution in [0.1, 0.15) is 233 Å². The highest BCUT2D eigenvalue weighted by molar-refractivity contribution is 5.69. The third kappa shape index (κ3) is 34.0. The molecule has 0 bridgehead atoms. The van der Waals surface area contributed by atoms with Gasteiger partial charge in [0.15, 0.2) is 0 Å². The van der Waals surface area contributed by atoms with Crippen LogP contribution < -0.4 is 0 Å². The number of rotatable bonds is 40. The molecule has 298 valence electrons. The van der Waals surface area contributed by atoms with Gasteiger partial charge in [-0.15, -0.1) is 0 Å². The van der Waals surface area contributed by atoms with Crippen molar-refractivity contribution in [3.05, 3.63) is 0 Å². The summed E-state index contributed by atoms with van der Waals surface area (Å²) in [6, 6.07) is 0. The zero-order chi connectivity index (χ0) is 36.8. The number of hydrogen-bond acceptors (Lipinski definition) is 6. The van der Waals surface area contributed by atoms with Crippen LogP contribution in [-0.4, -0.2) is 60.4 Å². The highest BCUT2D eigenvalue weighted by Crippen LogP contribution is 2.19. The molecule has 2 atom stereocenters. The summed E-state index contributed by atoms with van der Waals surface area (Å²) in [7, 11) is 0. The van der Waals surface area contributed by atoms with Crippen LogP contribution in [0.3, 0.4) is 0 Å². The van der Waals surface area contributed by atoms with Crippen molar-refractivity contribution in [3.8, 4) is 0 Å². The van der Waals surface area contributed by atoms with Gasteiger partial charge in [-0.2, -0.15) is 0 Å². The van der Waals surface area contributed by atoms with E-state index >= 15 is 0 Å². The number of carbonyl (C=O) groups is 2. The average Bonchev–Trinajstić information content (AvgIpc) is 3.11. The van der Waals surface area contributed by atoms with Crippen LogP contribution >= 0.6 is 0 Å². The summed E-state index contributed by atoms with van der Waals surface area (Å²) in [5, 5.41) is 9.55. The van der Waals surface area contributed by atoms with Crippen LogP contribution in [0.25, 0.3) is 0 Å². The summed E-state index contributed by atoms with van der Waals surface area (Å²) in [4.78, 5) is 27.4. The molecule has 2 unspecified atom stereocenters. The molecule has 0 radical (unpaired) electrons. The molecule has 50 heavy (non-hydrogen) atoms. The number of aliphatic hydroxyl groups excluding tert-OH is 1. The maximum absolute atomic E-state index is 12.7. The minimum atomic E-state index is -0.0181. The monoisotopic (exact) mass is 710 g/mol. The number of hydrogen-bond donors (Lipinski definition) is 1. The summed E-state index contributed by atoms with van der Waals surface area (Å²) in [6.07, 6.45) is 36.5. The lowest BCUT2D eigenvalue weighted by molar-refractivity contribution is -0.150. The largest absolute Gasteiger partial charge is 0.462 e. The van der Waals surface area contributed by atoms with Crippen LogP contribution in [0.2, 0.25) is 0 Å². The highest BCUT2D eigenvalue weighted by atomic mass is 16.5. The third-order valence-electron chi connectivity index (χ3n) is 10.3. The number of ether oxygens (including phenoxy) is 2. The van der Waals surface area contributed by atoms with Crippen molar-refractivity contribution in [2.45, 2.75) is 245 Å². The Morgan fingerprint density at radius 1 is 0.440 bits per heavy atom. The van der Waals surface area contributed by atoms with E-state index in [9.17, 15) is 14.7 Å². The molecule has 0 aromatic rings. The standard InChI is InChI=1S/C44H87NO5/c1-5-9-12-15-20-27-34-42(33-26-19-14-11-7-3)50-44(48)36-29-22-17-24-31-38-45(39-40-46)37-30-23-16-21-28-35-43(47)49-41(8-4)32-25-18-13-10-6-2/h41-42,46H,5-40H2,1-4H3. The van der Waals surface area contributed by atoms with Crippen LogP contribution in [0.5, 0.6) is 0 Å². The van der Waals surface area contributed by atoms with Gasteiger partial charge in [-0.1, -0.05) is 150 Å². The van der Waals surface area contributed by atoms with Gasteiger partial charge in [-0.3, -0.25) is 9.59 Å². The van der Waals surface area contributed by atoms with Crippen LogP contribution in [0.15, 0.2) is 0 Å². The first-order chi connectivity index (χ1) is 24.5. The Morgan fingerprint density at radius 2 is 0.780 bits per heavy atom. The molecule has 0 heterocycles. The summed E-state index contributed by atoms with van der Waals surface area (Å²) >= 11 is 0. The van der Waals surface area contributed by atoms with E-state index in [0.29, 0.717) is 12.8 Å². The van der Waals surface area contributed by atoms with Gasteiger partial charge in [0, 0.05) is 19.4 Å². The van der Waals surface area contributed by atoms with Crippen molar-refractivity contribution in [2.75, 3.05) is 26.2 Å². The fraction of sp³-hybridized carbons (Fsp3) is 0.955. The van der Waals surface area contributed by atoms with Crippen LogP contribution in [-0.2, 0) is 19.1 Å². The van der Waals surface area contributed by atoms with Gasteiger partial charge in [-0.05, 0) is 83.7 Å². The van der Waals surface area contributed by atoms with Crippen LogP contribution in [0.4, 0.5) is 0 Å². The topological polar surface area (TPSA) is 76.1 Å². The summed E-state index contributed by atoms with van der Waals surface area (Å²) < 4.78 is 11.7. The molecule has 6 heteroatoms. The molecule has 6 nitrogen and oxygen atoms in total. The Kier molecular flexibility index (Phi) is 38.2. The molecule has 0 aliphatic carbocycles. The van der Waals surface area contributed by atoms with E-state index in [2.05, 4.69) is 32.6 Å². The molecule has 0 aromatic heterocycles. The number of unbranched alkanes of at least 4 members (excludes halogenated alkanes) is 21. The van der Waals surface area contributed by atoms with Crippen molar-refractivity contribution in [1.82, 2.24) is 4.90 Å². The minimum Gasteiger partial charge on any atom is -0.462 e. The van der Waals surface area contributed by atoms with E-state index in [1.807, 2.05) is 0 Å². The summed E-state index contributed by atoms with van der Waals surface area (Å²) in [6.45, 7) is 11.9. The van der Waals surface area contributed by atoms with E-state index in [0.717, 1.165) is 103 Å². The minimum absolute atomic E-state index is 0.0113. The molecular weight excluding hydrogens is 622 g/mol. The Balaban J connectivity index is 4.02. The molecule has 0 aliphatic heterocycles. The van der Waals surface area contributed by atoms with Crippen molar-refractivity contribution >= 4 is 11.9 Å². The predicted octanol–water partition coefficient (Wildman–Crippen LogP) is 12.7. The highest BCUT2D eigenvalue weighted by Gasteiger charge is 2.15. The van der Waals surface area contributed by atoms with Gasteiger partial charge in [-0.25, -0.2) is 0 Å². The predicted molar refractivity (Wildman–Crippen MR) is 214 cm³/mol. The first kappa shape index (κ1) is 48.9. The molecule has 0 saturated carbocycles. The second-order valence-corrected chi connectivity index (χ2v) is 15.2. The van der Waals surface area contributed by atoms with Crippen molar-refractivity contribution < 1.29 is 24.2 Å². The number of nitrogens with zero attached hydrogens (tertiary/aromatic N) is 1. The zero-order valence-corrected chi connectivity index (χ0v) is 34.1. The number of carbonyl (C=O) groups excluding carboxylic acids is 2. The Morgan fingerprint density at radius 3 is 1.18 bits per heavy atom. The Hall–Kier alpha value is -1.14. The average molecular weight is 710 g/mol. The molecule has 0 saturated heterocycles. The molecule has 0 aliphatic rings. The number of aliphatic hydroxyl groups is 1. The second-order valence-electron chi connectivity index (χ2n) is 15.2. The van der Waals surface area contributed by atoms with Crippen LogP contribution in [0, 0.1) is 0 Å². The van der Waals surface area contributed by atoms with Gasteiger partial charge in [0.25, 0.3) is 0 Å². The van der Waals surface area contributed by atoms with E-state index in [-0.39, 0.29) is 30.8 Å². The van der Waals surface area contributed by atoms with E-state index in [1.54, 1.807) is 0 Å². The molecule has 1 N–H and O–H groups in total. The summed E-state index contributed by atoms with van der Waals surface area (Å²) in [5.74, 6) is -0.00683. The lowest BCUT2D eigenvalue weighted by Gasteiger charge is -2.21. The Bertz CT molecular complexity index is 717. The number of esters is 2.